The second-order valence-electron chi connectivity index (χ2n) is 6.72. The van der Waals surface area contributed by atoms with Crippen molar-refractivity contribution < 1.29 is 4.74 Å². The van der Waals surface area contributed by atoms with Crippen molar-refractivity contribution in [2.24, 2.45) is 5.92 Å². The maximum Gasteiger partial charge on any atom is 0.0685 e. The molecule has 1 saturated heterocycles. The standard InChI is InChI=1S/C18H26BrNO/c1-20-17(12-14-4-6-16(19)7-5-14)15-8-11-21-18(13-15)9-2-3-10-18/h4-7,15,17,20H,2-3,8-13H2,1H3. The Bertz CT molecular complexity index is 453. The summed E-state index contributed by atoms with van der Waals surface area (Å²) in [6.07, 6.45) is 8.81. The number of nitrogens with one attached hydrogen (secondary N) is 1. The van der Waals surface area contributed by atoms with Crippen molar-refractivity contribution >= 4 is 15.9 Å². The van der Waals surface area contributed by atoms with Gasteiger partial charge in [0, 0.05) is 17.1 Å². The number of likely N-dealkylation sites (N-methyl/N-ethyl adjacent to an activating group) is 1. The fourth-order valence-corrected chi connectivity index (χ4v) is 4.42. The zero-order valence-corrected chi connectivity index (χ0v) is 14.5. The van der Waals surface area contributed by atoms with Crippen LogP contribution >= 0.6 is 15.9 Å². The highest BCUT2D eigenvalue weighted by Crippen LogP contribution is 2.43. The SMILES string of the molecule is CNC(Cc1ccc(Br)cc1)C1CCOC2(CCCC2)C1. The Balaban J connectivity index is 1.66. The molecule has 1 saturated carbocycles. The Morgan fingerprint density at radius 2 is 2.00 bits per heavy atom. The molecule has 21 heavy (non-hydrogen) atoms. The predicted octanol–water partition coefficient (Wildman–Crippen LogP) is 4.32. The fraction of sp³-hybridized carbons (Fsp3) is 0.667. The Hall–Kier alpha value is -0.380. The molecule has 2 unspecified atom stereocenters. The van der Waals surface area contributed by atoms with Crippen LogP contribution in [0.25, 0.3) is 0 Å². The number of rotatable bonds is 4. The van der Waals surface area contributed by atoms with Crippen LogP contribution in [0.4, 0.5) is 0 Å². The van der Waals surface area contributed by atoms with Crippen LogP contribution in [0.15, 0.2) is 28.7 Å². The molecular formula is C18H26BrNO. The van der Waals surface area contributed by atoms with Crippen LogP contribution in [0.3, 0.4) is 0 Å². The first-order valence-corrected chi connectivity index (χ1v) is 9.06. The minimum atomic E-state index is 0.220. The van der Waals surface area contributed by atoms with Crippen LogP contribution in [0.1, 0.15) is 44.1 Å². The van der Waals surface area contributed by atoms with E-state index in [2.05, 4.69) is 52.6 Å². The van der Waals surface area contributed by atoms with Crippen LogP contribution in [0.5, 0.6) is 0 Å². The Kier molecular flexibility index (Phi) is 5.03. The molecule has 2 fully saturated rings. The van der Waals surface area contributed by atoms with E-state index in [1.165, 1.54) is 44.1 Å². The molecule has 3 rings (SSSR count). The molecule has 2 aliphatic rings. The van der Waals surface area contributed by atoms with E-state index in [-0.39, 0.29) is 5.60 Å². The van der Waals surface area contributed by atoms with E-state index in [9.17, 15) is 0 Å². The van der Waals surface area contributed by atoms with Gasteiger partial charge in [0.15, 0.2) is 0 Å². The maximum atomic E-state index is 6.18. The summed E-state index contributed by atoms with van der Waals surface area (Å²) in [5.41, 5.74) is 1.64. The molecule has 0 aromatic heterocycles. The Morgan fingerprint density at radius 1 is 1.29 bits per heavy atom. The quantitative estimate of drug-likeness (QED) is 0.871. The summed E-state index contributed by atoms with van der Waals surface area (Å²) in [6.45, 7) is 0.948. The molecule has 1 aliphatic heterocycles. The zero-order chi connectivity index (χ0) is 14.7. The van der Waals surface area contributed by atoms with Gasteiger partial charge in [0.05, 0.1) is 5.60 Å². The number of hydrogen-bond acceptors (Lipinski definition) is 2. The average molecular weight is 352 g/mol. The lowest BCUT2D eigenvalue weighted by molar-refractivity contribution is -0.0975. The molecule has 2 nitrogen and oxygen atoms in total. The van der Waals surface area contributed by atoms with E-state index < -0.39 is 0 Å². The first kappa shape index (κ1) is 15.5. The lowest BCUT2D eigenvalue weighted by atomic mass is 9.79. The van der Waals surface area contributed by atoms with Gasteiger partial charge in [-0.15, -0.1) is 0 Å². The van der Waals surface area contributed by atoms with Crippen LogP contribution in [-0.2, 0) is 11.2 Å². The third-order valence-corrected chi connectivity index (χ3v) is 5.88. The Morgan fingerprint density at radius 3 is 2.67 bits per heavy atom. The van der Waals surface area contributed by atoms with Crippen LogP contribution < -0.4 is 5.32 Å². The molecule has 0 bridgehead atoms. The first-order valence-electron chi connectivity index (χ1n) is 8.26. The molecule has 1 aromatic carbocycles. The van der Waals surface area contributed by atoms with Crippen molar-refractivity contribution in [2.45, 2.75) is 56.6 Å². The van der Waals surface area contributed by atoms with Crippen molar-refractivity contribution in [3.63, 3.8) is 0 Å². The molecule has 1 spiro atoms. The molecule has 116 valence electrons. The summed E-state index contributed by atoms with van der Waals surface area (Å²) in [5, 5.41) is 3.57. The van der Waals surface area contributed by atoms with Gasteiger partial charge >= 0.3 is 0 Å². The predicted molar refractivity (Wildman–Crippen MR) is 90.6 cm³/mol. The normalized spacial score (nSPS) is 26.1. The second kappa shape index (κ2) is 6.80. The van der Waals surface area contributed by atoms with E-state index in [1.807, 2.05) is 0 Å². The van der Waals surface area contributed by atoms with Crippen LogP contribution in [0, 0.1) is 5.92 Å². The minimum absolute atomic E-state index is 0.220. The summed E-state index contributed by atoms with van der Waals surface area (Å²) in [4.78, 5) is 0. The van der Waals surface area contributed by atoms with Gasteiger partial charge < -0.3 is 10.1 Å². The van der Waals surface area contributed by atoms with Gasteiger partial charge in [0.25, 0.3) is 0 Å². The summed E-state index contributed by atoms with van der Waals surface area (Å²) < 4.78 is 7.34. The van der Waals surface area contributed by atoms with E-state index >= 15 is 0 Å². The van der Waals surface area contributed by atoms with E-state index in [1.54, 1.807) is 0 Å². The van der Waals surface area contributed by atoms with Crippen molar-refractivity contribution in [3.05, 3.63) is 34.3 Å². The molecule has 1 heterocycles. The molecule has 0 radical (unpaired) electrons. The van der Waals surface area contributed by atoms with Crippen molar-refractivity contribution in [1.29, 1.82) is 0 Å². The first-order chi connectivity index (χ1) is 10.2. The summed E-state index contributed by atoms with van der Waals surface area (Å²) >= 11 is 3.51. The van der Waals surface area contributed by atoms with Gasteiger partial charge in [-0.2, -0.15) is 0 Å². The van der Waals surface area contributed by atoms with Gasteiger partial charge in [-0.25, -0.2) is 0 Å². The molecule has 0 amide bonds. The summed E-state index contributed by atoms with van der Waals surface area (Å²) in [7, 11) is 2.11. The van der Waals surface area contributed by atoms with Gasteiger partial charge in [-0.3, -0.25) is 0 Å². The highest BCUT2D eigenvalue weighted by molar-refractivity contribution is 9.10. The second-order valence-corrected chi connectivity index (χ2v) is 7.63. The minimum Gasteiger partial charge on any atom is -0.375 e. The fourth-order valence-electron chi connectivity index (χ4n) is 4.16. The van der Waals surface area contributed by atoms with Crippen molar-refractivity contribution in [2.75, 3.05) is 13.7 Å². The van der Waals surface area contributed by atoms with Gasteiger partial charge in [-0.1, -0.05) is 40.9 Å². The van der Waals surface area contributed by atoms with E-state index in [4.69, 9.17) is 4.74 Å². The molecular weight excluding hydrogens is 326 g/mol. The lowest BCUT2D eigenvalue weighted by Crippen LogP contribution is -2.45. The largest absolute Gasteiger partial charge is 0.375 e. The van der Waals surface area contributed by atoms with Crippen molar-refractivity contribution in [3.8, 4) is 0 Å². The molecule has 1 N–H and O–H groups in total. The molecule has 2 atom stereocenters. The highest BCUT2D eigenvalue weighted by Gasteiger charge is 2.41. The third-order valence-electron chi connectivity index (χ3n) is 5.35. The van der Waals surface area contributed by atoms with Gasteiger partial charge in [-0.05, 0) is 62.8 Å². The van der Waals surface area contributed by atoms with Crippen LogP contribution in [0.2, 0.25) is 0 Å². The molecule has 3 heteroatoms. The number of benzene rings is 1. The Labute approximate surface area is 136 Å². The zero-order valence-electron chi connectivity index (χ0n) is 12.9. The third kappa shape index (κ3) is 3.69. The number of halogens is 1. The average Bonchev–Trinajstić information content (AvgIpc) is 2.94. The maximum absolute atomic E-state index is 6.18. The smallest absolute Gasteiger partial charge is 0.0685 e. The number of ether oxygens (including phenoxy) is 1. The summed E-state index contributed by atoms with van der Waals surface area (Å²) in [6, 6.07) is 9.32. The van der Waals surface area contributed by atoms with Gasteiger partial charge in [0.1, 0.15) is 0 Å². The van der Waals surface area contributed by atoms with E-state index in [0.717, 1.165) is 23.4 Å². The lowest BCUT2D eigenvalue weighted by Gasteiger charge is -2.41. The molecule has 1 aliphatic carbocycles. The monoisotopic (exact) mass is 351 g/mol. The van der Waals surface area contributed by atoms with Gasteiger partial charge in [0.2, 0.25) is 0 Å². The van der Waals surface area contributed by atoms with Crippen LogP contribution in [-0.4, -0.2) is 25.3 Å². The highest BCUT2D eigenvalue weighted by atomic mass is 79.9. The topological polar surface area (TPSA) is 21.3 Å². The summed E-state index contributed by atoms with van der Waals surface area (Å²) in [5.74, 6) is 0.741. The van der Waals surface area contributed by atoms with E-state index in [0.29, 0.717) is 6.04 Å². The molecule has 1 aromatic rings. The van der Waals surface area contributed by atoms with Crippen molar-refractivity contribution in [1.82, 2.24) is 5.32 Å². The number of hydrogen-bond donors (Lipinski definition) is 1.